The Morgan fingerprint density at radius 3 is 2.75 bits per heavy atom. The van der Waals surface area contributed by atoms with Crippen molar-refractivity contribution in [2.24, 2.45) is 29.1 Å². The minimum atomic E-state index is -0.532. The van der Waals surface area contributed by atoms with Crippen molar-refractivity contribution >= 4 is 5.69 Å². The number of anilines is 1. The van der Waals surface area contributed by atoms with Gasteiger partial charge in [-0.25, -0.2) is 0 Å². The lowest BCUT2D eigenvalue weighted by Crippen LogP contribution is -2.41. The lowest BCUT2D eigenvalue weighted by Gasteiger charge is -2.47. The Hall–Kier alpha value is -1.22. The first-order valence-corrected chi connectivity index (χ1v) is 11.4. The van der Waals surface area contributed by atoms with Crippen molar-refractivity contribution in [2.45, 2.75) is 84.7 Å². The average molecular weight is 388 g/mol. The molecule has 3 nitrogen and oxygen atoms in total. The summed E-state index contributed by atoms with van der Waals surface area (Å²) in [6.45, 7) is 9.90. The Bertz CT molecular complexity index is 638. The number of hydrogen-bond acceptors (Lipinski definition) is 3. The average Bonchev–Trinajstić information content (AvgIpc) is 2.96. The van der Waals surface area contributed by atoms with Gasteiger partial charge in [-0.1, -0.05) is 39.2 Å². The minimum Gasteiger partial charge on any atom is -0.508 e. The molecule has 3 heteroatoms. The topological polar surface area (TPSA) is 52.5 Å². The molecule has 3 N–H and O–H groups in total. The van der Waals surface area contributed by atoms with Crippen LogP contribution in [0.4, 0.5) is 5.69 Å². The number of nitrogens with one attached hydrogen (secondary N) is 1. The first-order chi connectivity index (χ1) is 13.2. The van der Waals surface area contributed by atoms with Gasteiger partial charge in [0.1, 0.15) is 5.75 Å². The van der Waals surface area contributed by atoms with Crippen molar-refractivity contribution in [3.05, 3.63) is 24.3 Å². The highest BCUT2D eigenvalue weighted by atomic mass is 16.3. The summed E-state index contributed by atoms with van der Waals surface area (Å²) in [7, 11) is 0. The van der Waals surface area contributed by atoms with Crippen molar-refractivity contribution in [1.82, 2.24) is 0 Å². The van der Waals surface area contributed by atoms with Crippen LogP contribution >= 0.6 is 0 Å². The summed E-state index contributed by atoms with van der Waals surface area (Å²) < 4.78 is 0. The molecule has 2 fully saturated rings. The van der Waals surface area contributed by atoms with E-state index in [0.29, 0.717) is 11.2 Å². The number of hydrogen-bond donors (Lipinski definition) is 3. The van der Waals surface area contributed by atoms with E-state index in [2.05, 4.69) is 19.2 Å². The molecule has 2 aliphatic carbocycles. The molecule has 0 bridgehead atoms. The quantitative estimate of drug-likeness (QED) is 0.497. The monoisotopic (exact) mass is 387 g/mol. The molecule has 0 heterocycles. The fourth-order valence-corrected chi connectivity index (χ4v) is 6.49. The molecule has 0 unspecified atom stereocenters. The van der Waals surface area contributed by atoms with E-state index in [0.717, 1.165) is 48.7 Å². The van der Waals surface area contributed by atoms with Gasteiger partial charge in [-0.3, -0.25) is 0 Å². The van der Waals surface area contributed by atoms with Gasteiger partial charge in [0.2, 0.25) is 0 Å². The molecule has 1 aromatic rings. The number of fused-ring (bicyclic) bond motifs is 1. The second-order valence-corrected chi connectivity index (χ2v) is 10.6. The Balaban J connectivity index is 1.58. The van der Waals surface area contributed by atoms with Crippen LogP contribution in [0.15, 0.2) is 24.3 Å². The molecule has 0 aromatic heterocycles. The number of aliphatic hydroxyl groups is 1. The van der Waals surface area contributed by atoms with Gasteiger partial charge >= 0.3 is 0 Å². The van der Waals surface area contributed by atoms with Gasteiger partial charge in [0.15, 0.2) is 0 Å². The molecule has 3 rings (SSSR count). The maximum absolute atomic E-state index is 10.0. The molecule has 1 aromatic carbocycles. The number of phenols is 1. The molecule has 0 aliphatic heterocycles. The Morgan fingerprint density at radius 2 is 2.04 bits per heavy atom. The van der Waals surface area contributed by atoms with E-state index in [4.69, 9.17) is 0 Å². The summed E-state index contributed by atoms with van der Waals surface area (Å²) in [4.78, 5) is 0. The predicted octanol–water partition coefficient (Wildman–Crippen LogP) is 6.21. The smallest absolute Gasteiger partial charge is 0.117 e. The van der Waals surface area contributed by atoms with Gasteiger partial charge in [0.05, 0.1) is 5.60 Å². The summed E-state index contributed by atoms with van der Waals surface area (Å²) in [5.74, 6) is 3.44. The second kappa shape index (κ2) is 8.65. The summed E-state index contributed by atoms with van der Waals surface area (Å²) in [6.07, 6.45) is 10.0. The number of rotatable bonds is 8. The van der Waals surface area contributed by atoms with Gasteiger partial charge in [-0.2, -0.15) is 0 Å². The molecule has 28 heavy (non-hydrogen) atoms. The lowest BCUT2D eigenvalue weighted by molar-refractivity contribution is 0.0290. The van der Waals surface area contributed by atoms with E-state index in [-0.39, 0.29) is 0 Å². The van der Waals surface area contributed by atoms with Crippen molar-refractivity contribution in [3.63, 3.8) is 0 Å². The van der Waals surface area contributed by atoms with Crippen LogP contribution in [0.5, 0.6) is 5.75 Å². The highest BCUT2D eigenvalue weighted by Gasteiger charge is 2.52. The van der Waals surface area contributed by atoms with E-state index in [1.54, 1.807) is 6.07 Å². The van der Waals surface area contributed by atoms with Crippen LogP contribution in [0.2, 0.25) is 0 Å². The Kier molecular flexibility index (Phi) is 6.64. The van der Waals surface area contributed by atoms with Gasteiger partial charge < -0.3 is 15.5 Å². The van der Waals surface area contributed by atoms with E-state index < -0.39 is 5.60 Å². The van der Waals surface area contributed by atoms with E-state index in [1.807, 2.05) is 32.0 Å². The third kappa shape index (κ3) is 5.03. The molecular formula is C25H41NO2. The van der Waals surface area contributed by atoms with E-state index in [1.165, 1.54) is 38.5 Å². The Morgan fingerprint density at radius 1 is 1.25 bits per heavy atom. The zero-order chi connectivity index (χ0) is 20.4. The summed E-state index contributed by atoms with van der Waals surface area (Å²) >= 11 is 0. The second-order valence-electron chi connectivity index (χ2n) is 10.6. The zero-order valence-electron chi connectivity index (χ0n) is 18.4. The van der Waals surface area contributed by atoms with E-state index in [9.17, 15) is 10.2 Å². The molecule has 5 atom stereocenters. The molecule has 0 amide bonds. The zero-order valence-corrected chi connectivity index (χ0v) is 18.4. The molecule has 2 saturated carbocycles. The van der Waals surface area contributed by atoms with Gasteiger partial charge in [-0.15, -0.1) is 0 Å². The summed E-state index contributed by atoms with van der Waals surface area (Å²) in [5.41, 5.74) is 0.967. The summed E-state index contributed by atoms with van der Waals surface area (Å²) in [6, 6.07) is 7.50. The fourth-order valence-electron chi connectivity index (χ4n) is 6.49. The van der Waals surface area contributed by atoms with Crippen LogP contribution in [0.25, 0.3) is 0 Å². The van der Waals surface area contributed by atoms with Crippen molar-refractivity contribution in [3.8, 4) is 5.75 Å². The van der Waals surface area contributed by atoms with Crippen LogP contribution in [0.1, 0.15) is 79.1 Å². The van der Waals surface area contributed by atoms with Crippen LogP contribution in [-0.4, -0.2) is 22.4 Å². The van der Waals surface area contributed by atoms with Crippen LogP contribution in [0, 0.1) is 29.1 Å². The minimum absolute atomic E-state index is 0.333. The maximum Gasteiger partial charge on any atom is 0.117 e. The predicted molar refractivity (Wildman–Crippen MR) is 118 cm³/mol. The van der Waals surface area contributed by atoms with E-state index >= 15 is 0 Å². The summed E-state index contributed by atoms with van der Waals surface area (Å²) in [5, 5.41) is 23.3. The Labute approximate surface area is 171 Å². The lowest BCUT2D eigenvalue weighted by atomic mass is 9.59. The molecule has 2 aliphatic rings. The number of aromatic hydroxyl groups is 1. The van der Waals surface area contributed by atoms with Gasteiger partial charge in [0.25, 0.3) is 0 Å². The largest absolute Gasteiger partial charge is 0.508 e. The highest BCUT2D eigenvalue weighted by Crippen LogP contribution is 2.60. The normalized spacial score (nSPS) is 31.4. The number of benzene rings is 1. The first kappa shape index (κ1) is 21.5. The molecule has 158 valence electrons. The SMILES string of the molecule is C[C@H](CCCC(C)(C)O)[C@H]1CC[C@H]2[C@H](CNc3cccc(O)c3)CCC[C@]12C. The van der Waals surface area contributed by atoms with Gasteiger partial charge in [0, 0.05) is 18.3 Å². The highest BCUT2D eigenvalue weighted by molar-refractivity contribution is 5.47. The maximum atomic E-state index is 10.0. The molecule has 0 spiro atoms. The fraction of sp³-hybridized carbons (Fsp3) is 0.760. The van der Waals surface area contributed by atoms with Crippen LogP contribution < -0.4 is 5.32 Å². The molecule has 0 radical (unpaired) electrons. The number of phenolic OH excluding ortho intramolecular Hbond substituents is 1. The van der Waals surface area contributed by atoms with Crippen molar-refractivity contribution in [2.75, 3.05) is 11.9 Å². The third-order valence-corrected chi connectivity index (χ3v) is 7.89. The first-order valence-electron chi connectivity index (χ1n) is 11.4. The van der Waals surface area contributed by atoms with Crippen molar-refractivity contribution < 1.29 is 10.2 Å². The third-order valence-electron chi connectivity index (χ3n) is 7.89. The molecular weight excluding hydrogens is 346 g/mol. The van der Waals surface area contributed by atoms with Gasteiger partial charge in [-0.05, 0) is 87.2 Å². The van der Waals surface area contributed by atoms with Crippen molar-refractivity contribution in [1.29, 1.82) is 0 Å². The van der Waals surface area contributed by atoms with Crippen LogP contribution in [0.3, 0.4) is 0 Å². The van der Waals surface area contributed by atoms with Crippen LogP contribution in [-0.2, 0) is 0 Å². The molecule has 0 saturated heterocycles. The standard InChI is InChI=1S/C25H41NO2/c1-18(8-6-14-24(2,3)28)22-12-13-23-19(9-7-15-25(22,23)4)17-26-20-10-5-11-21(27)16-20/h5,10-11,16,18-19,22-23,26-28H,6-9,12-15,17H2,1-4H3/t18-,19+,22-,23+,25-/m1/s1.